The molecule has 0 amide bonds. The number of fused-ring (bicyclic) bond motifs is 1. The van der Waals surface area contributed by atoms with Crippen LogP contribution in [0.25, 0.3) is 16.8 Å². The number of benzene rings is 2. The van der Waals surface area contributed by atoms with Gasteiger partial charge in [-0.1, -0.05) is 44.7 Å². The van der Waals surface area contributed by atoms with E-state index in [9.17, 15) is 8.78 Å². The molecule has 0 saturated carbocycles. The molecular formula is C15H14F2. The highest BCUT2D eigenvalue weighted by molar-refractivity contribution is 5.94. The zero-order chi connectivity index (χ0) is 12.6. The maximum absolute atomic E-state index is 13.7. The molecule has 0 aliphatic rings. The lowest BCUT2D eigenvalue weighted by molar-refractivity contribution is 0.590. The summed E-state index contributed by atoms with van der Waals surface area (Å²) in [6.07, 6.45) is 1.45. The number of hydrogen-bond acceptors (Lipinski definition) is 0. The van der Waals surface area contributed by atoms with E-state index in [1.165, 1.54) is 6.08 Å². The highest BCUT2D eigenvalue weighted by atomic mass is 19.1. The van der Waals surface area contributed by atoms with Crippen molar-refractivity contribution in [3.8, 4) is 0 Å². The van der Waals surface area contributed by atoms with E-state index in [2.05, 4.69) is 6.58 Å². The Morgan fingerprint density at radius 2 is 1.88 bits per heavy atom. The molecule has 0 N–H and O–H groups in total. The van der Waals surface area contributed by atoms with Crippen molar-refractivity contribution < 1.29 is 8.78 Å². The third-order valence-corrected chi connectivity index (χ3v) is 2.96. The van der Waals surface area contributed by atoms with Gasteiger partial charge in [-0.25, -0.2) is 8.78 Å². The van der Waals surface area contributed by atoms with Crippen molar-refractivity contribution in [2.45, 2.75) is 19.8 Å². The van der Waals surface area contributed by atoms with Crippen LogP contribution in [0, 0.1) is 11.6 Å². The van der Waals surface area contributed by atoms with Crippen molar-refractivity contribution in [1.29, 1.82) is 0 Å². The van der Waals surface area contributed by atoms with E-state index in [0.717, 1.165) is 11.6 Å². The summed E-state index contributed by atoms with van der Waals surface area (Å²) in [5.41, 5.74) is 1.32. The van der Waals surface area contributed by atoms with Crippen LogP contribution in [0.15, 0.2) is 30.8 Å². The second kappa shape index (κ2) is 4.28. The van der Waals surface area contributed by atoms with Crippen molar-refractivity contribution in [3.63, 3.8) is 0 Å². The van der Waals surface area contributed by atoms with Gasteiger partial charge in [-0.05, 0) is 16.9 Å². The van der Waals surface area contributed by atoms with Crippen LogP contribution in [0.3, 0.4) is 0 Å². The summed E-state index contributed by atoms with van der Waals surface area (Å²) in [5, 5.41) is 1.09. The molecule has 2 rings (SSSR count). The number of rotatable bonds is 2. The molecule has 0 nitrogen and oxygen atoms in total. The Morgan fingerprint density at radius 1 is 1.18 bits per heavy atom. The van der Waals surface area contributed by atoms with Gasteiger partial charge in [-0.3, -0.25) is 0 Å². The minimum absolute atomic E-state index is 0.207. The quantitative estimate of drug-likeness (QED) is 0.692. The van der Waals surface area contributed by atoms with Crippen molar-refractivity contribution in [2.24, 2.45) is 0 Å². The molecule has 0 aromatic heterocycles. The largest absolute Gasteiger partial charge is 0.206 e. The van der Waals surface area contributed by atoms with Crippen LogP contribution in [0.5, 0.6) is 0 Å². The predicted octanol–water partition coefficient (Wildman–Crippen LogP) is 4.88. The zero-order valence-corrected chi connectivity index (χ0v) is 9.93. The van der Waals surface area contributed by atoms with Gasteiger partial charge >= 0.3 is 0 Å². The molecule has 0 radical (unpaired) electrons. The molecule has 88 valence electrons. The molecule has 0 heterocycles. The van der Waals surface area contributed by atoms with Gasteiger partial charge in [0.1, 0.15) is 11.6 Å². The van der Waals surface area contributed by atoms with Crippen molar-refractivity contribution in [2.75, 3.05) is 0 Å². The molecule has 0 spiro atoms. The number of hydrogen-bond donors (Lipinski definition) is 0. The summed E-state index contributed by atoms with van der Waals surface area (Å²) < 4.78 is 27.4. The van der Waals surface area contributed by atoms with E-state index in [1.807, 2.05) is 19.9 Å². The Kier molecular flexibility index (Phi) is 2.97. The van der Waals surface area contributed by atoms with Crippen LogP contribution in [-0.2, 0) is 0 Å². The topological polar surface area (TPSA) is 0 Å². The standard InChI is InChI=1S/C15H14F2/c1-4-10-13(16)8-14(17)12-7-5-6-11(9(2)3)15(10)12/h4-9H,1H2,2-3H3. The minimum Gasteiger partial charge on any atom is -0.206 e. The van der Waals surface area contributed by atoms with Crippen LogP contribution in [0.2, 0.25) is 0 Å². The van der Waals surface area contributed by atoms with Gasteiger partial charge in [0.2, 0.25) is 0 Å². The average Bonchev–Trinajstić information content (AvgIpc) is 2.28. The van der Waals surface area contributed by atoms with Crippen LogP contribution >= 0.6 is 0 Å². The number of halogens is 2. The molecule has 0 aliphatic carbocycles. The maximum Gasteiger partial charge on any atom is 0.133 e. The van der Waals surface area contributed by atoms with Crippen LogP contribution in [0.4, 0.5) is 8.78 Å². The summed E-state index contributed by atoms with van der Waals surface area (Å²) in [4.78, 5) is 0. The molecule has 0 unspecified atom stereocenters. The molecular weight excluding hydrogens is 218 g/mol. The second-order valence-electron chi connectivity index (χ2n) is 4.38. The first-order valence-electron chi connectivity index (χ1n) is 5.59. The minimum atomic E-state index is -0.557. The molecule has 0 fully saturated rings. The Hall–Kier alpha value is -1.70. The molecule has 2 aromatic carbocycles. The third-order valence-electron chi connectivity index (χ3n) is 2.96. The highest BCUT2D eigenvalue weighted by Gasteiger charge is 2.14. The van der Waals surface area contributed by atoms with Gasteiger partial charge in [-0.2, -0.15) is 0 Å². The lowest BCUT2D eigenvalue weighted by Gasteiger charge is -2.13. The smallest absolute Gasteiger partial charge is 0.133 e. The third kappa shape index (κ3) is 1.84. The van der Waals surface area contributed by atoms with Crippen LogP contribution in [0.1, 0.15) is 30.9 Å². The summed E-state index contributed by atoms with van der Waals surface area (Å²) in [7, 11) is 0. The summed E-state index contributed by atoms with van der Waals surface area (Å²) >= 11 is 0. The van der Waals surface area contributed by atoms with Crippen LogP contribution < -0.4 is 0 Å². The normalized spacial score (nSPS) is 11.1. The molecule has 0 bridgehead atoms. The van der Waals surface area contributed by atoms with E-state index >= 15 is 0 Å². The van der Waals surface area contributed by atoms with Crippen molar-refractivity contribution in [1.82, 2.24) is 0 Å². The van der Waals surface area contributed by atoms with Gasteiger partial charge in [-0.15, -0.1) is 0 Å². The lowest BCUT2D eigenvalue weighted by Crippen LogP contribution is -1.96. The molecule has 0 atom stereocenters. The first-order valence-corrected chi connectivity index (χ1v) is 5.59. The average molecular weight is 232 g/mol. The fourth-order valence-corrected chi connectivity index (χ4v) is 2.14. The Balaban J connectivity index is 3.00. The van der Waals surface area contributed by atoms with Gasteiger partial charge in [0.15, 0.2) is 0 Å². The lowest BCUT2D eigenvalue weighted by atomic mass is 9.92. The van der Waals surface area contributed by atoms with Gasteiger partial charge in [0.25, 0.3) is 0 Å². The van der Waals surface area contributed by atoms with Crippen molar-refractivity contribution in [3.05, 3.63) is 53.6 Å². The second-order valence-corrected chi connectivity index (χ2v) is 4.38. The predicted molar refractivity (Wildman–Crippen MR) is 68.0 cm³/mol. The zero-order valence-electron chi connectivity index (χ0n) is 9.93. The van der Waals surface area contributed by atoms with E-state index in [-0.39, 0.29) is 5.92 Å². The van der Waals surface area contributed by atoms with Crippen LogP contribution in [-0.4, -0.2) is 0 Å². The van der Waals surface area contributed by atoms with E-state index < -0.39 is 11.6 Å². The fraction of sp³-hybridized carbons (Fsp3) is 0.200. The SMILES string of the molecule is C=Cc1c(F)cc(F)c2cccc(C(C)C)c12. The first kappa shape index (κ1) is 11.8. The van der Waals surface area contributed by atoms with E-state index in [0.29, 0.717) is 16.3 Å². The first-order chi connectivity index (χ1) is 8.06. The van der Waals surface area contributed by atoms with Gasteiger partial charge < -0.3 is 0 Å². The van der Waals surface area contributed by atoms with Crippen molar-refractivity contribution >= 4 is 16.8 Å². The Morgan fingerprint density at radius 3 is 2.47 bits per heavy atom. The molecule has 0 aliphatic heterocycles. The summed E-state index contributed by atoms with van der Waals surface area (Å²) in [5.74, 6) is -0.873. The summed E-state index contributed by atoms with van der Waals surface area (Å²) in [6, 6.07) is 6.29. The Bertz CT molecular complexity index is 583. The monoisotopic (exact) mass is 232 g/mol. The molecule has 2 aromatic rings. The molecule has 17 heavy (non-hydrogen) atoms. The van der Waals surface area contributed by atoms with Gasteiger partial charge in [0, 0.05) is 17.0 Å². The highest BCUT2D eigenvalue weighted by Crippen LogP contribution is 2.32. The molecule has 0 saturated heterocycles. The fourth-order valence-electron chi connectivity index (χ4n) is 2.14. The Labute approximate surface area is 99.6 Å². The maximum atomic E-state index is 13.7. The summed E-state index contributed by atoms with van der Waals surface area (Å²) in [6.45, 7) is 7.62. The van der Waals surface area contributed by atoms with E-state index in [4.69, 9.17) is 0 Å². The molecule has 2 heteroatoms. The van der Waals surface area contributed by atoms with E-state index in [1.54, 1.807) is 12.1 Å². The van der Waals surface area contributed by atoms with Gasteiger partial charge in [0.05, 0.1) is 0 Å².